The zero-order valence-corrected chi connectivity index (χ0v) is 16.4. The molecule has 3 aromatic rings. The smallest absolute Gasteiger partial charge is 0.435 e. The summed E-state index contributed by atoms with van der Waals surface area (Å²) in [5, 5.41) is 6.74. The van der Waals surface area contributed by atoms with Gasteiger partial charge < -0.3 is 10.1 Å². The number of nitrogens with zero attached hydrogens (tertiary/aromatic N) is 2. The molecule has 10 heteroatoms. The van der Waals surface area contributed by atoms with E-state index in [1.165, 1.54) is 12.1 Å². The van der Waals surface area contributed by atoms with E-state index in [4.69, 9.17) is 27.9 Å². The first-order valence-electron chi connectivity index (χ1n) is 8.26. The van der Waals surface area contributed by atoms with Crippen LogP contribution >= 0.6 is 23.2 Å². The first-order valence-corrected chi connectivity index (χ1v) is 9.01. The van der Waals surface area contributed by atoms with Gasteiger partial charge in [0.15, 0.2) is 12.3 Å². The van der Waals surface area contributed by atoms with E-state index in [1.54, 1.807) is 37.3 Å². The maximum Gasteiger partial charge on any atom is 0.435 e. The number of halogens is 5. The number of carbonyl (C=O) groups excluding carboxylic acids is 1. The number of para-hydroxylation sites is 1. The average Bonchev–Trinajstić information content (AvgIpc) is 3.08. The van der Waals surface area contributed by atoms with Crippen LogP contribution in [0.15, 0.2) is 48.5 Å². The van der Waals surface area contributed by atoms with Gasteiger partial charge in [-0.15, -0.1) is 0 Å². The summed E-state index contributed by atoms with van der Waals surface area (Å²) in [7, 11) is 0. The summed E-state index contributed by atoms with van der Waals surface area (Å²) in [6, 6.07) is 11.9. The van der Waals surface area contributed by atoms with Crippen molar-refractivity contribution in [3.63, 3.8) is 0 Å². The van der Waals surface area contributed by atoms with Crippen LogP contribution in [0.1, 0.15) is 11.3 Å². The van der Waals surface area contributed by atoms with Crippen LogP contribution in [0.2, 0.25) is 10.0 Å². The molecule has 0 fully saturated rings. The van der Waals surface area contributed by atoms with E-state index >= 15 is 0 Å². The van der Waals surface area contributed by atoms with E-state index in [0.717, 1.165) is 10.2 Å². The van der Waals surface area contributed by atoms with Gasteiger partial charge in [-0.3, -0.25) is 4.79 Å². The third-order valence-corrected chi connectivity index (χ3v) is 4.43. The molecule has 0 aliphatic heterocycles. The van der Waals surface area contributed by atoms with Crippen LogP contribution in [0.3, 0.4) is 0 Å². The fourth-order valence-corrected chi connectivity index (χ4v) is 2.84. The van der Waals surface area contributed by atoms with Gasteiger partial charge in [0.25, 0.3) is 5.91 Å². The fraction of sp³-hybridized carbons (Fsp3) is 0.158. The second-order valence-electron chi connectivity index (χ2n) is 6.02. The van der Waals surface area contributed by atoms with Gasteiger partial charge in [-0.05, 0) is 36.8 Å². The molecule has 29 heavy (non-hydrogen) atoms. The number of hydrogen-bond acceptors (Lipinski definition) is 3. The lowest BCUT2D eigenvalue weighted by Gasteiger charge is -2.11. The molecule has 152 valence electrons. The van der Waals surface area contributed by atoms with Crippen LogP contribution in [-0.4, -0.2) is 22.3 Å². The standard InChI is InChI=1S/C19H14Cl2F3N3O2/c1-11-6-7-12(20)8-14(11)25-17(28)10-29-18-9-16(19(22,23)24)26-27(18)15-5-3-2-4-13(15)21/h2-9H,10H2,1H3,(H,25,28). The minimum atomic E-state index is -4.69. The molecule has 0 bridgehead atoms. The number of hydrogen-bond donors (Lipinski definition) is 1. The van der Waals surface area contributed by atoms with Crippen molar-refractivity contribution >= 4 is 34.8 Å². The van der Waals surface area contributed by atoms with Gasteiger partial charge in [0, 0.05) is 16.8 Å². The Bertz CT molecular complexity index is 1050. The molecule has 0 unspecified atom stereocenters. The predicted molar refractivity (Wildman–Crippen MR) is 104 cm³/mol. The normalized spacial score (nSPS) is 11.4. The van der Waals surface area contributed by atoms with Crippen LogP contribution < -0.4 is 10.1 Å². The third-order valence-electron chi connectivity index (χ3n) is 3.87. The third kappa shape index (κ3) is 5.02. The molecular weight excluding hydrogens is 430 g/mol. The molecule has 2 aromatic carbocycles. The van der Waals surface area contributed by atoms with Gasteiger partial charge in [0.05, 0.1) is 10.7 Å². The molecule has 5 nitrogen and oxygen atoms in total. The highest BCUT2D eigenvalue weighted by molar-refractivity contribution is 6.32. The second-order valence-corrected chi connectivity index (χ2v) is 6.87. The molecule has 0 aliphatic rings. The molecule has 1 amide bonds. The van der Waals surface area contributed by atoms with Crippen molar-refractivity contribution < 1.29 is 22.7 Å². The summed E-state index contributed by atoms with van der Waals surface area (Å²) in [4.78, 5) is 12.2. The minimum Gasteiger partial charge on any atom is -0.467 e. The Morgan fingerprint density at radius 3 is 2.59 bits per heavy atom. The summed E-state index contributed by atoms with van der Waals surface area (Å²) < 4.78 is 45.6. The Kier molecular flexibility index (Phi) is 6.04. The van der Waals surface area contributed by atoms with E-state index in [2.05, 4.69) is 10.4 Å². The quantitative estimate of drug-likeness (QED) is 0.564. The monoisotopic (exact) mass is 443 g/mol. The van der Waals surface area contributed by atoms with Gasteiger partial charge in [-0.25, -0.2) is 0 Å². The van der Waals surface area contributed by atoms with Crippen molar-refractivity contribution in [1.82, 2.24) is 9.78 Å². The van der Waals surface area contributed by atoms with Crippen molar-refractivity contribution in [3.05, 3.63) is 69.8 Å². The molecule has 0 spiro atoms. The van der Waals surface area contributed by atoms with Crippen LogP contribution in [0.25, 0.3) is 5.69 Å². The van der Waals surface area contributed by atoms with Gasteiger partial charge in [0.1, 0.15) is 0 Å². The lowest BCUT2D eigenvalue weighted by molar-refractivity contribution is -0.141. The maximum atomic E-state index is 13.1. The first kappa shape index (κ1) is 21.0. The lowest BCUT2D eigenvalue weighted by Crippen LogP contribution is -2.21. The van der Waals surface area contributed by atoms with E-state index in [-0.39, 0.29) is 16.6 Å². The van der Waals surface area contributed by atoms with Gasteiger partial charge in [-0.1, -0.05) is 41.4 Å². The summed E-state index contributed by atoms with van der Waals surface area (Å²) >= 11 is 12.0. The van der Waals surface area contributed by atoms with Gasteiger partial charge in [0.2, 0.25) is 5.88 Å². The summed E-state index contributed by atoms with van der Waals surface area (Å²) in [6.45, 7) is 1.23. The van der Waals surface area contributed by atoms with Crippen molar-refractivity contribution in [2.45, 2.75) is 13.1 Å². The summed E-state index contributed by atoms with van der Waals surface area (Å²) in [5.74, 6) is -0.848. The topological polar surface area (TPSA) is 56.1 Å². The van der Waals surface area contributed by atoms with Crippen molar-refractivity contribution in [1.29, 1.82) is 0 Å². The van der Waals surface area contributed by atoms with Crippen LogP contribution in [0.4, 0.5) is 18.9 Å². The summed E-state index contributed by atoms with van der Waals surface area (Å²) in [5.41, 5.74) is 0.259. The van der Waals surface area contributed by atoms with E-state index < -0.39 is 24.4 Å². The van der Waals surface area contributed by atoms with E-state index in [9.17, 15) is 18.0 Å². The number of amides is 1. The lowest BCUT2D eigenvalue weighted by atomic mass is 10.2. The highest BCUT2D eigenvalue weighted by Crippen LogP contribution is 2.33. The maximum absolute atomic E-state index is 13.1. The molecule has 1 aromatic heterocycles. The van der Waals surface area contributed by atoms with Crippen LogP contribution in [0, 0.1) is 6.92 Å². The van der Waals surface area contributed by atoms with Crippen LogP contribution in [-0.2, 0) is 11.0 Å². The number of ether oxygens (including phenoxy) is 1. The number of rotatable bonds is 5. The Morgan fingerprint density at radius 1 is 1.17 bits per heavy atom. The number of carbonyl (C=O) groups is 1. The van der Waals surface area contributed by atoms with E-state index in [1.807, 2.05) is 0 Å². The minimum absolute atomic E-state index is 0.174. The molecule has 0 saturated carbocycles. The average molecular weight is 444 g/mol. The molecule has 3 rings (SSSR count). The fourth-order valence-electron chi connectivity index (χ4n) is 2.46. The molecule has 1 heterocycles. The zero-order valence-electron chi connectivity index (χ0n) is 14.9. The largest absolute Gasteiger partial charge is 0.467 e. The number of aromatic nitrogens is 2. The SMILES string of the molecule is Cc1ccc(Cl)cc1NC(=O)COc1cc(C(F)(F)F)nn1-c1ccccc1Cl. The number of benzene rings is 2. The Hall–Kier alpha value is -2.71. The predicted octanol–water partition coefficient (Wildman–Crippen LogP) is 5.52. The summed E-state index contributed by atoms with van der Waals surface area (Å²) in [6.07, 6.45) is -4.69. The Labute approximate surface area is 174 Å². The number of anilines is 1. The van der Waals surface area contributed by atoms with E-state index in [0.29, 0.717) is 16.8 Å². The van der Waals surface area contributed by atoms with Gasteiger partial charge in [-0.2, -0.15) is 23.0 Å². The van der Waals surface area contributed by atoms with Crippen molar-refractivity contribution in [2.24, 2.45) is 0 Å². The molecular formula is C19H14Cl2F3N3O2. The highest BCUT2D eigenvalue weighted by Gasteiger charge is 2.36. The molecule has 0 atom stereocenters. The first-order chi connectivity index (χ1) is 13.6. The van der Waals surface area contributed by atoms with Crippen molar-refractivity contribution in [3.8, 4) is 11.6 Å². The Morgan fingerprint density at radius 2 is 1.90 bits per heavy atom. The van der Waals surface area contributed by atoms with Gasteiger partial charge >= 0.3 is 6.18 Å². The molecule has 0 radical (unpaired) electrons. The number of nitrogens with one attached hydrogen (secondary N) is 1. The number of aryl methyl sites for hydroxylation is 1. The molecule has 1 N–H and O–H groups in total. The zero-order chi connectivity index (χ0) is 21.2. The molecule has 0 saturated heterocycles. The van der Waals surface area contributed by atoms with Crippen molar-refractivity contribution in [2.75, 3.05) is 11.9 Å². The Balaban J connectivity index is 1.83. The van der Waals surface area contributed by atoms with Crippen LogP contribution in [0.5, 0.6) is 5.88 Å². The number of alkyl halides is 3. The second kappa shape index (κ2) is 8.34. The highest BCUT2D eigenvalue weighted by atomic mass is 35.5. The molecule has 0 aliphatic carbocycles.